The molecule has 0 aliphatic carbocycles. The van der Waals surface area contributed by atoms with Gasteiger partial charge in [-0.15, -0.1) is 0 Å². The van der Waals surface area contributed by atoms with Crippen molar-refractivity contribution < 1.29 is 14.1 Å². The number of carbonyl (C=O) groups is 1. The first-order valence-electron chi connectivity index (χ1n) is 8.77. The Balaban J connectivity index is 1.43. The number of amides is 1. The quantitative estimate of drug-likeness (QED) is 0.662. The molecule has 7 heteroatoms. The maximum absolute atomic E-state index is 12.6. The first-order valence-corrected chi connectivity index (χ1v) is 9.15. The Labute approximate surface area is 161 Å². The van der Waals surface area contributed by atoms with Crippen LogP contribution >= 0.6 is 11.6 Å². The normalized spacial score (nSPS) is 16.5. The maximum Gasteiger partial charge on any atom is 0.261 e. The Morgan fingerprint density at radius 1 is 1.19 bits per heavy atom. The standard InChI is InChI=1S/C20H18ClN3O3/c21-15-8-10-16(11-9-15)26-13-18(25)24-12-4-7-17(24)20-22-19(23-27-20)14-5-2-1-3-6-14/h1-3,5-6,8-11,17H,4,7,12-13H2. The molecule has 0 N–H and O–H groups in total. The average Bonchev–Trinajstić information content (AvgIpc) is 3.37. The van der Waals surface area contributed by atoms with Gasteiger partial charge in [0.2, 0.25) is 11.7 Å². The lowest BCUT2D eigenvalue weighted by atomic mass is 10.2. The number of benzene rings is 2. The molecule has 0 saturated carbocycles. The van der Waals surface area contributed by atoms with Gasteiger partial charge in [-0.25, -0.2) is 0 Å². The summed E-state index contributed by atoms with van der Waals surface area (Å²) in [5.74, 6) is 1.49. The van der Waals surface area contributed by atoms with Gasteiger partial charge in [-0.3, -0.25) is 4.79 Å². The smallest absolute Gasteiger partial charge is 0.261 e. The van der Waals surface area contributed by atoms with Crippen molar-refractivity contribution >= 4 is 17.5 Å². The van der Waals surface area contributed by atoms with Gasteiger partial charge >= 0.3 is 0 Å². The van der Waals surface area contributed by atoms with E-state index in [2.05, 4.69) is 10.1 Å². The number of likely N-dealkylation sites (tertiary alicyclic amines) is 1. The van der Waals surface area contributed by atoms with Crippen LogP contribution in [0.25, 0.3) is 11.4 Å². The van der Waals surface area contributed by atoms with Crippen LogP contribution in [-0.4, -0.2) is 34.1 Å². The molecule has 4 rings (SSSR count). The van der Waals surface area contributed by atoms with Crippen molar-refractivity contribution in [1.29, 1.82) is 0 Å². The molecule has 1 saturated heterocycles. The van der Waals surface area contributed by atoms with E-state index >= 15 is 0 Å². The Kier molecular flexibility index (Phi) is 5.07. The number of carbonyl (C=O) groups excluding carboxylic acids is 1. The summed E-state index contributed by atoms with van der Waals surface area (Å²) in [7, 11) is 0. The lowest BCUT2D eigenvalue weighted by Gasteiger charge is -2.21. The van der Waals surface area contributed by atoms with Crippen molar-refractivity contribution in [3.63, 3.8) is 0 Å². The van der Waals surface area contributed by atoms with Crippen LogP contribution in [0.5, 0.6) is 5.75 Å². The van der Waals surface area contributed by atoms with Gasteiger partial charge in [-0.05, 0) is 37.1 Å². The number of ether oxygens (including phenoxy) is 1. The SMILES string of the molecule is O=C(COc1ccc(Cl)cc1)N1CCCC1c1nc(-c2ccccc2)no1. The fraction of sp³-hybridized carbons (Fsp3) is 0.250. The van der Waals surface area contributed by atoms with E-state index in [0.29, 0.717) is 29.0 Å². The highest BCUT2D eigenvalue weighted by Gasteiger charge is 2.34. The summed E-state index contributed by atoms with van der Waals surface area (Å²) in [4.78, 5) is 18.9. The second-order valence-electron chi connectivity index (χ2n) is 6.31. The minimum atomic E-state index is -0.212. The molecule has 1 aromatic heterocycles. The first kappa shape index (κ1) is 17.5. The van der Waals surface area contributed by atoms with Crippen LogP contribution in [0.3, 0.4) is 0 Å². The third kappa shape index (κ3) is 3.95. The zero-order valence-electron chi connectivity index (χ0n) is 14.5. The Bertz CT molecular complexity index is 912. The molecular weight excluding hydrogens is 366 g/mol. The number of rotatable bonds is 5. The van der Waals surface area contributed by atoms with Gasteiger partial charge in [-0.2, -0.15) is 4.98 Å². The molecule has 1 fully saturated rings. The highest BCUT2D eigenvalue weighted by molar-refractivity contribution is 6.30. The summed E-state index contributed by atoms with van der Waals surface area (Å²) in [6.07, 6.45) is 1.68. The highest BCUT2D eigenvalue weighted by atomic mass is 35.5. The van der Waals surface area contributed by atoms with E-state index in [0.717, 1.165) is 18.4 Å². The fourth-order valence-corrected chi connectivity index (χ4v) is 3.28. The second kappa shape index (κ2) is 7.80. The van der Waals surface area contributed by atoms with Gasteiger partial charge < -0.3 is 14.2 Å². The summed E-state index contributed by atoms with van der Waals surface area (Å²) >= 11 is 5.86. The molecule has 1 aliphatic heterocycles. The number of hydrogen-bond acceptors (Lipinski definition) is 5. The third-order valence-corrected chi connectivity index (χ3v) is 4.76. The average molecular weight is 384 g/mol. The molecule has 1 amide bonds. The molecule has 1 aliphatic rings. The molecule has 1 unspecified atom stereocenters. The summed E-state index contributed by atoms with van der Waals surface area (Å²) in [5, 5.41) is 4.68. The van der Waals surface area contributed by atoms with Gasteiger partial charge in [0.25, 0.3) is 5.91 Å². The largest absolute Gasteiger partial charge is 0.484 e. The van der Waals surface area contributed by atoms with Crippen LogP contribution in [-0.2, 0) is 4.79 Å². The van der Waals surface area contributed by atoms with E-state index in [4.69, 9.17) is 20.9 Å². The van der Waals surface area contributed by atoms with Crippen LogP contribution in [0, 0.1) is 0 Å². The first-order chi connectivity index (χ1) is 13.2. The van der Waals surface area contributed by atoms with E-state index in [9.17, 15) is 4.79 Å². The van der Waals surface area contributed by atoms with E-state index in [1.165, 1.54) is 0 Å². The second-order valence-corrected chi connectivity index (χ2v) is 6.75. The van der Waals surface area contributed by atoms with Crippen LogP contribution in [0.15, 0.2) is 59.1 Å². The predicted octanol–water partition coefficient (Wildman–Crippen LogP) is 4.13. The number of nitrogens with zero attached hydrogens (tertiary/aromatic N) is 3. The van der Waals surface area contributed by atoms with Crippen molar-refractivity contribution in [2.45, 2.75) is 18.9 Å². The minimum Gasteiger partial charge on any atom is -0.484 e. The molecule has 3 aromatic rings. The lowest BCUT2D eigenvalue weighted by Crippen LogP contribution is -2.34. The summed E-state index contributed by atoms with van der Waals surface area (Å²) in [6.45, 7) is 0.605. The van der Waals surface area contributed by atoms with Crippen molar-refractivity contribution in [2.24, 2.45) is 0 Å². The fourth-order valence-electron chi connectivity index (χ4n) is 3.16. The molecular formula is C20H18ClN3O3. The molecule has 2 aromatic carbocycles. The van der Waals surface area contributed by atoms with Crippen LogP contribution in [0.4, 0.5) is 0 Å². The van der Waals surface area contributed by atoms with E-state index in [1.807, 2.05) is 30.3 Å². The molecule has 0 bridgehead atoms. The number of aromatic nitrogens is 2. The molecule has 27 heavy (non-hydrogen) atoms. The monoisotopic (exact) mass is 383 g/mol. The lowest BCUT2D eigenvalue weighted by molar-refractivity contribution is -0.134. The summed E-state index contributed by atoms with van der Waals surface area (Å²) in [6, 6.07) is 16.3. The van der Waals surface area contributed by atoms with Gasteiger partial charge in [0.05, 0.1) is 0 Å². The topological polar surface area (TPSA) is 68.5 Å². The molecule has 138 valence electrons. The third-order valence-electron chi connectivity index (χ3n) is 4.51. The Morgan fingerprint density at radius 2 is 1.96 bits per heavy atom. The van der Waals surface area contributed by atoms with E-state index in [-0.39, 0.29) is 18.6 Å². The number of halogens is 1. The molecule has 0 spiro atoms. The molecule has 2 heterocycles. The highest BCUT2D eigenvalue weighted by Crippen LogP contribution is 2.32. The maximum atomic E-state index is 12.6. The Hall–Kier alpha value is -2.86. The van der Waals surface area contributed by atoms with Gasteiger partial charge in [0.1, 0.15) is 11.8 Å². The predicted molar refractivity (Wildman–Crippen MR) is 100 cm³/mol. The summed E-state index contributed by atoms with van der Waals surface area (Å²) in [5.41, 5.74) is 0.884. The Morgan fingerprint density at radius 3 is 2.74 bits per heavy atom. The molecule has 0 radical (unpaired) electrons. The van der Waals surface area contributed by atoms with Gasteiger partial charge in [0.15, 0.2) is 6.61 Å². The molecule has 1 atom stereocenters. The van der Waals surface area contributed by atoms with E-state index in [1.54, 1.807) is 29.2 Å². The minimum absolute atomic E-state index is 0.0438. The zero-order valence-corrected chi connectivity index (χ0v) is 15.3. The van der Waals surface area contributed by atoms with Gasteiger partial charge in [-0.1, -0.05) is 47.1 Å². The van der Waals surface area contributed by atoms with Crippen molar-refractivity contribution in [1.82, 2.24) is 15.0 Å². The molecule has 6 nitrogen and oxygen atoms in total. The van der Waals surface area contributed by atoms with Crippen LogP contribution < -0.4 is 4.74 Å². The van der Waals surface area contributed by atoms with Crippen molar-refractivity contribution in [3.8, 4) is 17.1 Å². The van der Waals surface area contributed by atoms with Crippen molar-refractivity contribution in [3.05, 3.63) is 65.5 Å². The van der Waals surface area contributed by atoms with Gasteiger partial charge in [0, 0.05) is 17.1 Å². The van der Waals surface area contributed by atoms with E-state index < -0.39 is 0 Å². The number of hydrogen-bond donors (Lipinski definition) is 0. The zero-order chi connectivity index (χ0) is 18.6. The van der Waals surface area contributed by atoms with Crippen LogP contribution in [0.1, 0.15) is 24.8 Å². The summed E-state index contributed by atoms with van der Waals surface area (Å²) < 4.78 is 11.0. The van der Waals surface area contributed by atoms with Crippen LogP contribution in [0.2, 0.25) is 5.02 Å². The van der Waals surface area contributed by atoms with Crippen molar-refractivity contribution in [2.75, 3.05) is 13.2 Å².